The molecule has 0 bridgehead atoms. The predicted octanol–water partition coefficient (Wildman–Crippen LogP) is 2.80. The molecule has 0 amide bonds. The first kappa shape index (κ1) is 19.5. The van der Waals surface area contributed by atoms with Gasteiger partial charge in [0, 0.05) is 31.3 Å². The molecule has 1 aromatic carbocycles. The van der Waals surface area contributed by atoms with E-state index in [0.29, 0.717) is 23.7 Å². The molecule has 0 aliphatic heterocycles. The van der Waals surface area contributed by atoms with Gasteiger partial charge in [0.1, 0.15) is 11.4 Å². The summed E-state index contributed by atoms with van der Waals surface area (Å²) in [6, 6.07) is 9.32. The Morgan fingerprint density at radius 1 is 1.10 bits per heavy atom. The second kappa shape index (κ2) is 8.28. The molecule has 3 aromatic heterocycles. The number of rotatable bonds is 6. The summed E-state index contributed by atoms with van der Waals surface area (Å²) in [5.41, 5.74) is 2.97. The van der Waals surface area contributed by atoms with Crippen LogP contribution in [0.2, 0.25) is 0 Å². The van der Waals surface area contributed by atoms with Crippen LogP contribution in [0.3, 0.4) is 0 Å². The number of hydrogen-bond donors (Lipinski definition) is 0. The lowest BCUT2D eigenvalue weighted by molar-refractivity contribution is 0.240. The van der Waals surface area contributed by atoms with Gasteiger partial charge < -0.3 is 4.74 Å². The fourth-order valence-electron chi connectivity index (χ4n) is 3.05. The van der Waals surface area contributed by atoms with Crippen molar-refractivity contribution >= 4 is 0 Å². The van der Waals surface area contributed by atoms with Crippen LogP contribution in [0.25, 0.3) is 17.1 Å². The van der Waals surface area contributed by atoms with Crippen molar-refractivity contribution in [3.63, 3.8) is 0 Å². The van der Waals surface area contributed by atoms with E-state index in [1.165, 1.54) is 6.07 Å². The molecule has 0 radical (unpaired) electrons. The van der Waals surface area contributed by atoms with Crippen molar-refractivity contribution in [1.82, 2.24) is 29.5 Å². The minimum Gasteiger partial charge on any atom is -0.488 e. The molecule has 0 N–H and O–H groups in total. The monoisotopic (exact) mass is 402 g/mol. The van der Waals surface area contributed by atoms with Gasteiger partial charge in [-0.3, -0.25) is 9.48 Å². The molecular weight excluding hydrogens is 380 g/mol. The molecule has 0 saturated carbocycles. The Balaban J connectivity index is 1.58. The average molecular weight is 402 g/mol. The molecule has 4 aromatic rings. The number of aryl methyl sites for hydroxylation is 1. The fraction of sp³-hybridized carbons (Fsp3) is 0.227. The molecule has 152 valence electrons. The fourth-order valence-corrected chi connectivity index (χ4v) is 3.05. The van der Waals surface area contributed by atoms with E-state index >= 15 is 0 Å². The maximum atomic E-state index is 12.4. The molecule has 0 saturated heterocycles. The van der Waals surface area contributed by atoms with Crippen LogP contribution < -0.4 is 10.2 Å². The van der Waals surface area contributed by atoms with Crippen LogP contribution in [0.1, 0.15) is 25.1 Å². The minimum atomic E-state index is -0.105. The molecule has 8 nitrogen and oxygen atoms in total. The Kier molecular flexibility index (Phi) is 5.38. The smallest absolute Gasteiger partial charge is 0.203 e. The van der Waals surface area contributed by atoms with Crippen LogP contribution in [0.15, 0.2) is 66.1 Å². The third-order valence-electron chi connectivity index (χ3n) is 4.39. The number of hydrogen-bond acceptors (Lipinski definition) is 6. The SMILES string of the molecule is CC(C)Oc1cnc(-c2cccc(Cc3nn(-c4cnn(C)c4)ccc3=O)c2)nc1. The van der Waals surface area contributed by atoms with E-state index < -0.39 is 0 Å². The first-order chi connectivity index (χ1) is 14.5. The van der Waals surface area contributed by atoms with Crippen molar-refractivity contribution in [3.8, 4) is 22.8 Å². The van der Waals surface area contributed by atoms with Crippen molar-refractivity contribution in [1.29, 1.82) is 0 Å². The Hall–Kier alpha value is -3.81. The van der Waals surface area contributed by atoms with Gasteiger partial charge in [0.05, 0.1) is 30.9 Å². The Bertz CT molecular complexity index is 1210. The molecule has 3 heterocycles. The van der Waals surface area contributed by atoms with Gasteiger partial charge in [-0.2, -0.15) is 10.2 Å². The molecule has 0 spiro atoms. The molecule has 4 rings (SSSR count). The van der Waals surface area contributed by atoms with Gasteiger partial charge in [-0.25, -0.2) is 14.6 Å². The summed E-state index contributed by atoms with van der Waals surface area (Å²) < 4.78 is 8.94. The number of benzene rings is 1. The zero-order valence-electron chi connectivity index (χ0n) is 17.1. The first-order valence-electron chi connectivity index (χ1n) is 9.64. The van der Waals surface area contributed by atoms with E-state index in [-0.39, 0.29) is 11.5 Å². The van der Waals surface area contributed by atoms with E-state index in [2.05, 4.69) is 20.2 Å². The lowest BCUT2D eigenvalue weighted by Crippen LogP contribution is -2.16. The maximum Gasteiger partial charge on any atom is 0.203 e. The van der Waals surface area contributed by atoms with Crippen molar-refractivity contribution in [2.24, 2.45) is 7.05 Å². The normalized spacial score (nSPS) is 11.1. The van der Waals surface area contributed by atoms with E-state index in [0.717, 1.165) is 16.8 Å². The lowest BCUT2D eigenvalue weighted by Gasteiger charge is -2.09. The molecule has 0 atom stereocenters. The van der Waals surface area contributed by atoms with E-state index in [1.54, 1.807) is 34.2 Å². The molecule has 8 heteroatoms. The molecular formula is C22H22N6O2. The predicted molar refractivity (Wildman–Crippen MR) is 113 cm³/mol. The van der Waals surface area contributed by atoms with Crippen molar-refractivity contribution < 1.29 is 4.74 Å². The summed E-state index contributed by atoms with van der Waals surface area (Å²) in [4.78, 5) is 21.2. The van der Waals surface area contributed by atoms with Crippen LogP contribution >= 0.6 is 0 Å². The van der Waals surface area contributed by atoms with Crippen LogP contribution in [-0.4, -0.2) is 35.6 Å². The first-order valence-corrected chi connectivity index (χ1v) is 9.64. The van der Waals surface area contributed by atoms with Crippen LogP contribution in [0.5, 0.6) is 5.75 Å². The second-order valence-corrected chi connectivity index (χ2v) is 7.23. The summed E-state index contributed by atoms with van der Waals surface area (Å²) >= 11 is 0. The Morgan fingerprint density at radius 3 is 2.60 bits per heavy atom. The van der Waals surface area contributed by atoms with Gasteiger partial charge in [0.25, 0.3) is 0 Å². The molecule has 30 heavy (non-hydrogen) atoms. The van der Waals surface area contributed by atoms with Crippen molar-refractivity contribution in [3.05, 3.63) is 82.8 Å². The van der Waals surface area contributed by atoms with Crippen LogP contribution in [0.4, 0.5) is 0 Å². The number of aromatic nitrogens is 6. The third kappa shape index (κ3) is 4.43. The lowest BCUT2D eigenvalue weighted by atomic mass is 10.1. The van der Waals surface area contributed by atoms with E-state index in [9.17, 15) is 4.79 Å². The Morgan fingerprint density at radius 2 is 1.90 bits per heavy atom. The zero-order chi connectivity index (χ0) is 21.1. The van der Waals surface area contributed by atoms with Gasteiger partial charge >= 0.3 is 0 Å². The highest BCUT2D eigenvalue weighted by molar-refractivity contribution is 5.56. The van der Waals surface area contributed by atoms with Gasteiger partial charge in [0.2, 0.25) is 5.43 Å². The quantitative estimate of drug-likeness (QED) is 0.493. The average Bonchev–Trinajstić information content (AvgIpc) is 3.16. The summed E-state index contributed by atoms with van der Waals surface area (Å²) in [7, 11) is 1.84. The number of ether oxygens (including phenoxy) is 1. The van der Waals surface area contributed by atoms with Gasteiger partial charge in [-0.1, -0.05) is 18.2 Å². The third-order valence-corrected chi connectivity index (χ3v) is 4.39. The van der Waals surface area contributed by atoms with Gasteiger partial charge in [-0.15, -0.1) is 0 Å². The second-order valence-electron chi connectivity index (χ2n) is 7.23. The zero-order valence-corrected chi connectivity index (χ0v) is 17.1. The van der Waals surface area contributed by atoms with Crippen LogP contribution in [0, 0.1) is 0 Å². The highest BCUT2D eigenvalue weighted by Gasteiger charge is 2.09. The van der Waals surface area contributed by atoms with E-state index in [1.807, 2.05) is 51.4 Å². The van der Waals surface area contributed by atoms with Crippen molar-refractivity contribution in [2.75, 3.05) is 0 Å². The standard InChI is InChI=1S/C22H22N6O2/c1-15(2)30-19-12-23-22(24-13-19)17-6-4-5-16(9-17)10-20-21(29)7-8-28(26-20)18-11-25-27(3)14-18/h4-9,11-15H,10H2,1-3H3. The van der Waals surface area contributed by atoms with Crippen LogP contribution in [-0.2, 0) is 13.5 Å². The van der Waals surface area contributed by atoms with E-state index in [4.69, 9.17) is 4.74 Å². The number of nitrogens with zero attached hydrogens (tertiary/aromatic N) is 6. The largest absolute Gasteiger partial charge is 0.488 e. The summed E-state index contributed by atoms with van der Waals surface area (Å²) in [6.07, 6.45) is 8.99. The van der Waals surface area contributed by atoms with Gasteiger partial charge in [0.15, 0.2) is 11.6 Å². The highest BCUT2D eigenvalue weighted by Crippen LogP contribution is 2.19. The summed E-state index contributed by atoms with van der Waals surface area (Å²) in [5.74, 6) is 1.23. The highest BCUT2D eigenvalue weighted by atomic mass is 16.5. The van der Waals surface area contributed by atoms with Gasteiger partial charge in [-0.05, 0) is 25.5 Å². The summed E-state index contributed by atoms with van der Waals surface area (Å²) in [6.45, 7) is 3.91. The Labute approximate surface area is 173 Å². The topological polar surface area (TPSA) is 87.7 Å². The van der Waals surface area contributed by atoms with Crippen molar-refractivity contribution in [2.45, 2.75) is 26.4 Å². The molecule has 0 aliphatic carbocycles. The molecule has 0 fully saturated rings. The molecule has 0 unspecified atom stereocenters. The summed E-state index contributed by atoms with van der Waals surface area (Å²) in [5, 5.41) is 8.65. The molecule has 0 aliphatic rings. The minimum absolute atomic E-state index is 0.0665. The maximum absolute atomic E-state index is 12.4.